The van der Waals surface area contributed by atoms with Crippen molar-refractivity contribution in [1.29, 1.82) is 0 Å². The van der Waals surface area contributed by atoms with Crippen LogP contribution in [0.1, 0.15) is 5.56 Å². The monoisotopic (exact) mass is 224 g/mol. The number of rotatable bonds is 5. The van der Waals surface area contributed by atoms with Crippen molar-refractivity contribution in [2.75, 3.05) is 19.1 Å². The van der Waals surface area contributed by atoms with E-state index in [1.807, 2.05) is 6.07 Å². The van der Waals surface area contributed by atoms with Gasteiger partial charge in [-0.25, -0.2) is 4.98 Å². The Labute approximate surface area is 93.4 Å². The van der Waals surface area contributed by atoms with Crippen molar-refractivity contribution in [3.8, 4) is 0 Å². The van der Waals surface area contributed by atoms with E-state index in [0.717, 1.165) is 17.5 Å². The minimum atomic E-state index is 0.555. The summed E-state index contributed by atoms with van der Waals surface area (Å²) < 4.78 is 5.32. The number of H-pyrrole nitrogens is 1. The third-order valence-electron chi connectivity index (χ3n) is 2.24. The number of ether oxygens (including phenoxy) is 1. The molecular weight excluding hydrogens is 212 g/mol. The van der Waals surface area contributed by atoms with E-state index in [-0.39, 0.29) is 0 Å². The van der Waals surface area contributed by atoms with E-state index in [0.29, 0.717) is 19.1 Å². The Morgan fingerprint density at radius 1 is 1.33 bits per heavy atom. The fourth-order valence-corrected chi connectivity index (χ4v) is 1.59. The molecule has 1 heterocycles. The summed E-state index contributed by atoms with van der Waals surface area (Å²) in [6.07, 6.45) is 2.62. The number of aromatic amines is 1. The maximum Gasteiger partial charge on any atom is 0.0931 e. The van der Waals surface area contributed by atoms with Crippen LogP contribution in [0.25, 0.3) is 11.0 Å². The predicted molar refractivity (Wildman–Crippen MR) is 61.3 cm³/mol. The highest BCUT2D eigenvalue weighted by Gasteiger charge is 1.98. The largest absolute Gasteiger partial charge is 0.380 e. The zero-order valence-corrected chi connectivity index (χ0v) is 9.13. The molecule has 0 saturated carbocycles. The normalized spacial score (nSPS) is 11.0. The highest BCUT2D eigenvalue weighted by molar-refractivity contribution is 6.17. The van der Waals surface area contributed by atoms with E-state index in [9.17, 15) is 0 Å². The summed E-state index contributed by atoms with van der Waals surface area (Å²) >= 11 is 5.51. The molecule has 0 aliphatic rings. The lowest BCUT2D eigenvalue weighted by Gasteiger charge is -2.02. The number of halogens is 1. The van der Waals surface area contributed by atoms with Crippen molar-refractivity contribution in [1.82, 2.24) is 9.97 Å². The second kappa shape index (κ2) is 5.14. The molecule has 0 bridgehead atoms. The Kier molecular flexibility index (Phi) is 3.59. The Morgan fingerprint density at radius 2 is 2.27 bits per heavy atom. The predicted octanol–water partition coefficient (Wildman–Crippen LogP) is 2.36. The van der Waals surface area contributed by atoms with Crippen molar-refractivity contribution in [3.63, 3.8) is 0 Å². The molecular formula is C11H13ClN2O. The molecule has 2 rings (SSSR count). The van der Waals surface area contributed by atoms with Crippen LogP contribution in [0.3, 0.4) is 0 Å². The maximum absolute atomic E-state index is 5.51. The van der Waals surface area contributed by atoms with Gasteiger partial charge in [-0.1, -0.05) is 6.07 Å². The second-order valence-corrected chi connectivity index (χ2v) is 3.68. The summed E-state index contributed by atoms with van der Waals surface area (Å²) in [5.41, 5.74) is 3.33. The minimum absolute atomic E-state index is 0.555. The number of hydrogen-bond acceptors (Lipinski definition) is 2. The fourth-order valence-electron chi connectivity index (χ4n) is 1.48. The average Bonchev–Trinajstić information content (AvgIpc) is 2.71. The van der Waals surface area contributed by atoms with Crippen LogP contribution >= 0.6 is 11.6 Å². The smallest absolute Gasteiger partial charge is 0.0931 e. The summed E-state index contributed by atoms with van der Waals surface area (Å²) in [6.45, 7) is 1.33. The van der Waals surface area contributed by atoms with Crippen LogP contribution in [-0.2, 0) is 11.2 Å². The highest BCUT2D eigenvalue weighted by atomic mass is 35.5. The Bertz CT molecular complexity index is 427. The van der Waals surface area contributed by atoms with Crippen molar-refractivity contribution in [3.05, 3.63) is 30.1 Å². The molecule has 1 N–H and O–H groups in total. The number of nitrogens with one attached hydrogen (secondary N) is 1. The van der Waals surface area contributed by atoms with Gasteiger partial charge in [0.15, 0.2) is 0 Å². The van der Waals surface area contributed by atoms with Gasteiger partial charge in [-0.05, 0) is 24.1 Å². The third-order valence-corrected chi connectivity index (χ3v) is 2.40. The molecule has 0 unspecified atom stereocenters. The molecule has 2 aromatic rings. The van der Waals surface area contributed by atoms with Crippen LogP contribution in [0, 0.1) is 0 Å². The molecule has 0 aliphatic heterocycles. The van der Waals surface area contributed by atoms with Crippen LogP contribution < -0.4 is 0 Å². The first kappa shape index (κ1) is 10.5. The number of aromatic nitrogens is 2. The zero-order valence-electron chi connectivity index (χ0n) is 8.37. The van der Waals surface area contributed by atoms with Crippen LogP contribution in [-0.4, -0.2) is 29.1 Å². The van der Waals surface area contributed by atoms with Gasteiger partial charge in [0.25, 0.3) is 0 Å². The summed E-state index contributed by atoms with van der Waals surface area (Å²) in [6, 6.07) is 6.20. The molecule has 0 saturated heterocycles. The molecule has 0 radical (unpaired) electrons. The van der Waals surface area contributed by atoms with E-state index in [2.05, 4.69) is 22.1 Å². The lowest BCUT2D eigenvalue weighted by Crippen LogP contribution is -2.00. The first-order valence-corrected chi connectivity index (χ1v) is 5.49. The second-order valence-electron chi connectivity index (χ2n) is 3.31. The van der Waals surface area contributed by atoms with Gasteiger partial charge in [0, 0.05) is 5.88 Å². The molecule has 15 heavy (non-hydrogen) atoms. The lowest BCUT2D eigenvalue weighted by atomic mass is 10.1. The zero-order chi connectivity index (χ0) is 10.5. The molecule has 0 aliphatic carbocycles. The lowest BCUT2D eigenvalue weighted by molar-refractivity contribution is 0.152. The maximum atomic E-state index is 5.51. The van der Waals surface area contributed by atoms with Gasteiger partial charge in [0.05, 0.1) is 30.6 Å². The molecule has 80 valence electrons. The number of nitrogens with zero attached hydrogens (tertiary/aromatic N) is 1. The van der Waals surface area contributed by atoms with Crippen molar-refractivity contribution < 1.29 is 4.74 Å². The molecule has 1 aromatic carbocycles. The van der Waals surface area contributed by atoms with E-state index in [4.69, 9.17) is 16.3 Å². The average molecular weight is 225 g/mol. The summed E-state index contributed by atoms with van der Waals surface area (Å²) in [4.78, 5) is 7.25. The molecule has 0 amide bonds. The third kappa shape index (κ3) is 2.70. The summed E-state index contributed by atoms with van der Waals surface area (Å²) in [5, 5.41) is 0. The number of imidazole rings is 1. The van der Waals surface area contributed by atoms with Crippen LogP contribution in [0.15, 0.2) is 24.5 Å². The fraction of sp³-hybridized carbons (Fsp3) is 0.364. The van der Waals surface area contributed by atoms with E-state index in [1.54, 1.807) is 6.33 Å². The minimum Gasteiger partial charge on any atom is -0.380 e. The van der Waals surface area contributed by atoms with Crippen molar-refractivity contribution in [2.24, 2.45) is 0 Å². The van der Waals surface area contributed by atoms with E-state index in [1.165, 1.54) is 5.56 Å². The van der Waals surface area contributed by atoms with Crippen LogP contribution in [0.5, 0.6) is 0 Å². The SMILES string of the molecule is ClCCOCCc1ccc2nc[nH]c2c1. The summed E-state index contributed by atoms with van der Waals surface area (Å²) in [7, 11) is 0. The van der Waals surface area contributed by atoms with Gasteiger partial charge >= 0.3 is 0 Å². The molecule has 0 fully saturated rings. The Morgan fingerprint density at radius 3 is 3.13 bits per heavy atom. The van der Waals surface area contributed by atoms with Gasteiger partial charge < -0.3 is 9.72 Å². The molecule has 0 spiro atoms. The van der Waals surface area contributed by atoms with Gasteiger partial charge in [0.1, 0.15) is 0 Å². The molecule has 3 nitrogen and oxygen atoms in total. The molecule has 4 heteroatoms. The molecule has 0 atom stereocenters. The number of hydrogen-bond donors (Lipinski definition) is 1. The van der Waals surface area contributed by atoms with Gasteiger partial charge in [0.2, 0.25) is 0 Å². The summed E-state index contributed by atoms with van der Waals surface area (Å²) in [5.74, 6) is 0.555. The number of alkyl halides is 1. The van der Waals surface area contributed by atoms with Crippen LogP contribution in [0.2, 0.25) is 0 Å². The standard InChI is InChI=1S/C11H13ClN2O/c12-4-6-15-5-3-9-1-2-10-11(7-9)14-8-13-10/h1-2,7-8H,3-6H2,(H,13,14). The van der Waals surface area contributed by atoms with E-state index >= 15 is 0 Å². The van der Waals surface area contributed by atoms with Gasteiger partial charge in [-0.3, -0.25) is 0 Å². The topological polar surface area (TPSA) is 37.9 Å². The Balaban J connectivity index is 1.96. The number of fused-ring (bicyclic) bond motifs is 1. The van der Waals surface area contributed by atoms with Gasteiger partial charge in [-0.2, -0.15) is 0 Å². The highest BCUT2D eigenvalue weighted by Crippen LogP contribution is 2.11. The first-order valence-electron chi connectivity index (χ1n) is 4.96. The quantitative estimate of drug-likeness (QED) is 0.626. The first-order chi connectivity index (χ1) is 7.40. The van der Waals surface area contributed by atoms with Gasteiger partial charge in [-0.15, -0.1) is 11.6 Å². The Hall–Kier alpha value is -1.06. The molecule has 1 aromatic heterocycles. The van der Waals surface area contributed by atoms with Crippen molar-refractivity contribution >= 4 is 22.6 Å². The number of benzene rings is 1. The van der Waals surface area contributed by atoms with Crippen LogP contribution in [0.4, 0.5) is 0 Å². The van der Waals surface area contributed by atoms with E-state index < -0.39 is 0 Å². The van der Waals surface area contributed by atoms with Crippen molar-refractivity contribution in [2.45, 2.75) is 6.42 Å².